The van der Waals surface area contributed by atoms with Crippen molar-refractivity contribution < 1.29 is 10.2 Å². The summed E-state index contributed by atoms with van der Waals surface area (Å²) in [5, 5.41) is 20.3. The van der Waals surface area contributed by atoms with Crippen molar-refractivity contribution in [1.29, 1.82) is 0 Å². The van der Waals surface area contributed by atoms with Gasteiger partial charge in [0, 0.05) is 5.57 Å². The second kappa shape index (κ2) is 7.26. The highest BCUT2D eigenvalue weighted by Crippen LogP contribution is 2.35. The normalized spacial score (nSPS) is 12.2. The molecule has 0 amide bonds. The summed E-state index contributed by atoms with van der Waals surface area (Å²) >= 11 is 0. The van der Waals surface area contributed by atoms with Gasteiger partial charge in [0.15, 0.2) is 6.29 Å². The summed E-state index contributed by atoms with van der Waals surface area (Å²) in [7, 11) is 0. The summed E-state index contributed by atoms with van der Waals surface area (Å²) in [6, 6.07) is 27.4. The van der Waals surface area contributed by atoms with Crippen molar-refractivity contribution in [3.05, 3.63) is 107 Å². The summed E-state index contributed by atoms with van der Waals surface area (Å²) < 4.78 is 0. The maximum absolute atomic E-state index is 10.1. The van der Waals surface area contributed by atoms with E-state index in [1.54, 1.807) is 0 Å². The van der Waals surface area contributed by atoms with Gasteiger partial charge in [0.1, 0.15) is 0 Å². The molecule has 0 aliphatic heterocycles. The molecule has 120 valence electrons. The van der Waals surface area contributed by atoms with Crippen LogP contribution in [0.5, 0.6) is 0 Å². The minimum atomic E-state index is -1.57. The van der Waals surface area contributed by atoms with Crippen molar-refractivity contribution in [2.75, 3.05) is 0 Å². The van der Waals surface area contributed by atoms with E-state index in [1.807, 2.05) is 91.9 Å². The van der Waals surface area contributed by atoms with E-state index in [2.05, 4.69) is 0 Å². The Balaban J connectivity index is 2.36. The fourth-order valence-electron chi connectivity index (χ4n) is 2.95. The maximum atomic E-state index is 10.1. The Bertz CT molecular complexity index is 834. The van der Waals surface area contributed by atoms with Crippen LogP contribution in [0, 0.1) is 6.92 Å². The minimum Gasteiger partial charge on any atom is -0.364 e. The van der Waals surface area contributed by atoms with Gasteiger partial charge in [0.05, 0.1) is 0 Å². The number of rotatable bonds is 4. The summed E-state index contributed by atoms with van der Waals surface area (Å²) in [5.74, 6) is 0. The Labute approximate surface area is 142 Å². The molecule has 3 aromatic carbocycles. The maximum Gasteiger partial charge on any atom is 0.179 e. The van der Waals surface area contributed by atoms with Crippen molar-refractivity contribution in [3.8, 4) is 0 Å². The first-order chi connectivity index (χ1) is 11.7. The smallest absolute Gasteiger partial charge is 0.179 e. The van der Waals surface area contributed by atoms with Gasteiger partial charge in [-0.1, -0.05) is 84.9 Å². The van der Waals surface area contributed by atoms with Crippen LogP contribution in [0.4, 0.5) is 0 Å². The van der Waals surface area contributed by atoms with E-state index in [-0.39, 0.29) is 0 Å². The molecule has 0 bridgehead atoms. The molecule has 0 saturated carbocycles. The first kappa shape index (κ1) is 16.2. The van der Waals surface area contributed by atoms with Gasteiger partial charge in [-0.15, -0.1) is 0 Å². The second-order valence-corrected chi connectivity index (χ2v) is 5.71. The summed E-state index contributed by atoms with van der Waals surface area (Å²) in [4.78, 5) is 0. The average Bonchev–Trinajstić information content (AvgIpc) is 2.61. The molecule has 0 aliphatic rings. The molecular weight excluding hydrogens is 296 g/mol. The molecule has 24 heavy (non-hydrogen) atoms. The summed E-state index contributed by atoms with van der Waals surface area (Å²) in [6.07, 6.45) is -1.57. The lowest BCUT2D eigenvalue weighted by atomic mass is 9.87. The van der Waals surface area contributed by atoms with Gasteiger partial charge >= 0.3 is 0 Å². The molecular formula is C22H20O2. The highest BCUT2D eigenvalue weighted by molar-refractivity contribution is 6.00. The van der Waals surface area contributed by atoms with Crippen molar-refractivity contribution in [2.24, 2.45) is 0 Å². The van der Waals surface area contributed by atoms with Crippen LogP contribution in [0.2, 0.25) is 0 Å². The Hall–Kier alpha value is -2.68. The molecule has 3 rings (SSSR count). The van der Waals surface area contributed by atoms with E-state index < -0.39 is 6.29 Å². The Kier molecular flexibility index (Phi) is 4.90. The lowest BCUT2D eigenvalue weighted by Gasteiger charge is -2.20. The third-order valence-electron chi connectivity index (χ3n) is 4.09. The molecule has 2 heteroatoms. The van der Waals surface area contributed by atoms with Gasteiger partial charge in [-0.2, -0.15) is 0 Å². The molecule has 0 radical (unpaired) electrons. The van der Waals surface area contributed by atoms with Gasteiger partial charge in [-0.3, -0.25) is 0 Å². The van der Waals surface area contributed by atoms with Crippen LogP contribution in [0.15, 0.2) is 84.9 Å². The van der Waals surface area contributed by atoms with Crippen molar-refractivity contribution >= 4 is 11.1 Å². The summed E-state index contributed by atoms with van der Waals surface area (Å²) in [5.41, 5.74) is 5.19. The molecule has 0 spiro atoms. The van der Waals surface area contributed by atoms with E-state index in [0.29, 0.717) is 5.57 Å². The van der Waals surface area contributed by atoms with E-state index >= 15 is 0 Å². The molecule has 3 aromatic rings. The zero-order valence-electron chi connectivity index (χ0n) is 13.6. The first-order valence-electron chi connectivity index (χ1n) is 7.95. The molecule has 2 N–H and O–H groups in total. The molecule has 0 saturated heterocycles. The highest BCUT2D eigenvalue weighted by atomic mass is 16.5. The largest absolute Gasteiger partial charge is 0.364 e. The van der Waals surface area contributed by atoms with Crippen LogP contribution in [-0.2, 0) is 0 Å². The predicted octanol–water partition coefficient (Wildman–Crippen LogP) is 4.26. The van der Waals surface area contributed by atoms with Crippen LogP contribution in [0.25, 0.3) is 11.1 Å². The number of aliphatic hydroxyl groups excluding tert-OH is 1. The van der Waals surface area contributed by atoms with Crippen LogP contribution in [0.3, 0.4) is 0 Å². The molecule has 0 atom stereocenters. The Morgan fingerprint density at radius 1 is 0.667 bits per heavy atom. The number of hydrogen-bond donors (Lipinski definition) is 2. The number of aliphatic hydroxyl groups is 2. The topological polar surface area (TPSA) is 40.5 Å². The number of benzene rings is 3. The van der Waals surface area contributed by atoms with Crippen molar-refractivity contribution in [1.82, 2.24) is 0 Å². The standard InChI is InChI=1S/C22H20O2/c1-16-10-8-9-15-19(16)20(17-11-4-2-5-12-17)21(22(23)24)18-13-6-3-7-14-18/h2-15,22-24H,1H3. The Morgan fingerprint density at radius 3 is 1.71 bits per heavy atom. The van der Waals surface area contributed by atoms with E-state index in [1.165, 1.54) is 0 Å². The molecule has 0 heterocycles. The monoisotopic (exact) mass is 316 g/mol. The fourth-order valence-corrected chi connectivity index (χ4v) is 2.95. The highest BCUT2D eigenvalue weighted by Gasteiger charge is 2.19. The third kappa shape index (κ3) is 3.30. The fraction of sp³-hybridized carbons (Fsp3) is 0.0909. The lowest BCUT2D eigenvalue weighted by molar-refractivity contribution is 0.0116. The molecule has 0 aliphatic carbocycles. The molecule has 0 aromatic heterocycles. The van der Waals surface area contributed by atoms with Crippen molar-refractivity contribution in [2.45, 2.75) is 13.2 Å². The molecule has 0 unspecified atom stereocenters. The van der Waals surface area contributed by atoms with E-state index in [4.69, 9.17) is 0 Å². The Morgan fingerprint density at radius 2 is 1.17 bits per heavy atom. The lowest BCUT2D eigenvalue weighted by Crippen LogP contribution is -2.11. The SMILES string of the molecule is Cc1ccccc1C(=C(c1ccccc1)C(O)O)c1ccccc1. The van der Waals surface area contributed by atoms with E-state index in [9.17, 15) is 10.2 Å². The third-order valence-corrected chi connectivity index (χ3v) is 4.09. The quantitative estimate of drug-likeness (QED) is 0.557. The average molecular weight is 316 g/mol. The van der Waals surface area contributed by atoms with Gasteiger partial charge in [0.2, 0.25) is 0 Å². The van der Waals surface area contributed by atoms with Crippen LogP contribution in [0.1, 0.15) is 22.3 Å². The van der Waals surface area contributed by atoms with Gasteiger partial charge in [-0.05, 0) is 34.8 Å². The molecule has 0 fully saturated rings. The van der Waals surface area contributed by atoms with Gasteiger partial charge in [0.25, 0.3) is 0 Å². The van der Waals surface area contributed by atoms with Gasteiger partial charge < -0.3 is 10.2 Å². The number of hydrogen-bond acceptors (Lipinski definition) is 2. The number of aryl methyl sites for hydroxylation is 1. The second-order valence-electron chi connectivity index (χ2n) is 5.71. The van der Waals surface area contributed by atoms with E-state index in [0.717, 1.165) is 27.8 Å². The van der Waals surface area contributed by atoms with Crippen LogP contribution < -0.4 is 0 Å². The summed E-state index contributed by atoms with van der Waals surface area (Å²) in [6.45, 7) is 2.03. The molecule has 2 nitrogen and oxygen atoms in total. The zero-order valence-corrected chi connectivity index (χ0v) is 13.6. The van der Waals surface area contributed by atoms with Crippen LogP contribution >= 0.6 is 0 Å². The predicted molar refractivity (Wildman–Crippen MR) is 98.2 cm³/mol. The minimum absolute atomic E-state index is 0.510. The first-order valence-corrected chi connectivity index (χ1v) is 7.95. The van der Waals surface area contributed by atoms with Gasteiger partial charge in [-0.25, -0.2) is 0 Å². The van der Waals surface area contributed by atoms with Crippen LogP contribution in [-0.4, -0.2) is 16.5 Å². The van der Waals surface area contributed by atoms with Crippen molar-refractivity contribution in [3.63, 3.8) is 0 Å². The zero-order chi connectivity index (χ0) is 16.9.